The van der Waals surface area contributed by atoms with Crippen LogP contribution in [0.2, 0.25) is 0 Å². The molecule has 3 heterocycles. The third kappa shape index (κ3) is 3.09. The van der Waals surface area contributed by atoms with Crippen LogP contribution in [0.4, 0.5) is 5.95 Å². The Morgan fingerprint density at radius 3 is 2.92 bits per heavy atom. The number of carbonyl (C=O) groups excluding carboxylic acids is 1. The minimum absolute atomic E-state index is 0.138. The van der Waals surface area contributed by atoms with Gasteiger partial charge in [0, 0.05) is 30.0 Å². The average Bonchev–Trinajstić information content (AvgIpc) is 3.21. The second-order valence-electron chi connectivity index (χ2n) is 6.67. The van der Waals surface area contributed by atoms with Crippen LogP contribution in [0.15, 0.2) is 28.9 Å². The Labute approximate surface area is 145 Å². The van der Waals surface area contributed by atoms with Crippen LogP contribution in [0.25, 0.3) is 11.0 Å². The van der Waals surface area contributed by atoms with Gasteiger partial charge in [0.15, 0.2) is 0 Å². The number of amides is 1. The fourth-order valence-electron chi connectivity index (χ4n) is 3.47. The van der Waals surface area contributed by atoms with Gasteiger partial charge in [0.2, 0.25) is 11.9 Å². The van der Waals surface area contributed by atoms with Crippen LogP contribution in [-0.4, -0.2) is 39.1 Å². The Hall–Kier alpha value is -2.83. The molecule has 1 aromatic carbocycles. The Balaban J connectivity index is 1.40. The van der Waals surface area contributed by atoms with Gasteiger partial charge in [-0.2, -0.15) is 4.98 Å². The SMILES string of the molecule is Cc1ccc2c(CC(=O)N3CCC(c4nc(N)n[nH]4)CC3)coc2c1. The number of rotatable bonds is 3. The van der Waals surface area contributed by atoms with E-state index in [-0.39, 0.29) is 17.8 Å². The number of nitrogens with one attached hydrogen (secondary N) is 1. The minimum Gasteiger partial charge on any atom is -0.464 e. The summed E-state index contributed by atoms with van der Waals surface area (Å²) in [5.74, 6) is 1.52. The Morgan fingerprint density at radius 1 is 1.40 bits per heavy atom. The number of nitrogens with zero attached hydrogens (tertiary/aromatic N) is 3. The standard InChI is InChI=1S/C18H21N5O2/c1-11-2-3-14-13(10-25-15(14)8-11)9-16(24)23-6-4-12(5-7-23)17-20-18(19)22-21-17/h2-3,8,10,12H,4-7,9H2,1H3,(H3,19,20,21,22). The highest BCUT2D eigenvalue weighted by atomic mass is 16.3. The van der Waals surface area contributed by atoms with Gasteiger partial charge in [-0.15, -0.1) is 5.10 Å². The molecule has 3 N–H and O–H groups in total. The second kappa shape index (κ2) is 6.23. The number of nitrogen functional groups attached to an aromatic ring is 1. The number of hydrogen-bond donors (Lipinski definition) is 2. The van der Waals surface area contributed by atoms with E-state index in [1.54, 1.807) is 6.26 Å². The molecule has 1 fully saturated rings. The Morgan fingerprint density at radius 2 is 2.20 bits per heavy atom. The van der Waals surface area contributed by atoms with E-state index in [9.17, 15) is 4.79 Å². The smallest absolute Gasteiger partial charge is 0.239 e. The maximum absolute atomic E-state index is 12.7. The average molecular weight is 339 g/mol. The number of benzene rings is 1. The molecule has 1 aliphatic rings. The zero-order valence-corrected chi connectivity index (χ0v) is 14.2. The van der Waals surface area contributed by atoms with Crippen molar-refractivity contribution in [1.29, 1.82) is 0 Å². The number of nitrogens with two attached hydrogens (primary N) is 1. The lowest BCUT2D eigenvalue weighted by Crippen LogP contribution is -2.38. The highest BCUT2D eigenvalue weighted by Gasteiger charge is 2.26. The number of aromatic amines is 1. The largest absolute Gasteiger partial charge is 0.464 e. The zero-order valence-electron chi connectivity index (χ0n) is 14.2. The summed E-state index contributed by atoms with van der Waals surface area (Å²) in [4.78, 5) is 18.8. The van der Waals surface area contributed by atoms with E-state index in [2.05, 4.69) is 15.2 Å². The second-order valence-corrected chi connectivity index (χ2v) is 6.67. The molecular weight excluding hydrogens is 318 g/mol. The monoisotopic (exact) mass is 339 g/mol. The van der Waals surface area contributed by atoms with Crippen LogP contribution < -0.4 is 5.73 Å². The van der Waals surface area contributed by atoms with Crippen LogP contribution >= 0.6 is 0 Å². The van der Waals surface area contributed by atoms with Crippen LogP contribution in [0, 0.1) is 6.92 Å². The van der Waals surface area contributed by atoms with Gasteiger partial charge in [0.25, 0.3) is 0 Å². The summed E-state index contributed by atoms with van der Waals surface area (Å²) in [5, 5.41) is 7.78. The number of likely N-dealkylation sites (tertiary alicyclic amines) is 1. The zero-order chi connectivity index (χ0) is 17.4. The summed E-state index contributed by atoms with van der Waals surface area (Å²) < 4.78 is 5.59. The molecule has 130 valence electrons. The molecular formula is C18H21N5O2. The van der Waals surface area contributed by atoms with Crippen molar-refractivity contribution in [1.82, 2.24) is 20.1 Å². The van der Waals surface area contributed by atoms with Gasteiger partial charge in [-0.3, -0.25) is 9.89 Å². The molecule has 7 heteroatoms. The van der Waals surface area contributed by atoms with Crippen molar-refractivity contribution in [2.24, 2.45) is 0 Å². The first-order chi connectivity index (χ1) is 12.1. The fraction of sp³-hybridized carbons (Fsp3) is 0.389. The van der Waals surface area contributed by atoms with Gasteiger partial charge in [0.1, 0.15) is 11.4 Å². The number of piperidine rings is 1. The molecule has 0 radical (unpaired) electrons. The van der Waals surface area contributed by atoms with Gasteiger partial charge in [-0.1, -0.05) is 12.1 Å². The predicted molar refractivity (Wildman–Crippen MR) is 94.0 cm³/mol. The molecule has 0 spiro atoms. The van der Waals surface area contributed by atoms with Crippen molar-refractivity contribution in [2.45, 2.75) is 32.1 Å². The van der Waals surface area contributed by atoms with E-state index >= 15 is 0 Å². The first-order valence-corrected chi connectivity index (χ1v) is 8.52. The van der Waals surface area contributed by atoms with E-state index in [0.717, 1.165) is 53.9 Å². The molecule has 0 aliphatic carbocycles. The highest BCUT2D eigenvalue weighted by molar-refractivity contribution is 5.88. The third-order valence-corrected chi connectivity index (χ3v) is 4.91. The molecule has 0 saturated carbocycles. The van der Waals surface area contributed by atoms with Crippen molar-refractivity contribution < 1.29 is 9.21 Å². The summed E-state index contributed by atoms with van der Waals surface area (Å²) in [6.07, 6.45) is 3.81. The number of hydrogen-bond acceptors (Lipinski definition) is 5. The maximum atomic E-state index is 12.7. The fourth-order valence-corrected chi connectivity index (χ4v) is 3.47. The van der Waals surface area contributed by atoms with Crippen LogP contribution in [0.1, 0.15) is 35.7 Å². The third-order valence-electron chi connectivity index (χ3n) is 4.91. The Kier molecular flexibility index (Phi) is 3.91. The summed E-state index contributed by atoms with van der Waals surface area (Å²) in [6.45, 7) is 3.47. The summed E-state index contributed by atoms with van der Waals surface area (Å²) in [7, 11) is 0. The topological polar surface area (TPSA) is 101 Å². The first kappa shape index (κ1) is 15.7. The van der Waals surface area contributed by atoms with E-state index in [1.165, 1.54) is 0 Å². The maximum Gasteiger partial charge on any atom is 0.239 e. The number of furan rings is 1. The van der Waals surface area contributed by atoms with Gasteiger partial charge < -0.3 is 15.1 Å². The summed E-state index contributed by atoms with van der Waals surface area (Å²) in [6, 6.07) is 6.07. The van der Waals surface area contributed by atoms with Crippen molar-refractivity contribution >= 4 is 22.8 Å². The van der Waals surface area contributed by atoms with Crippen LogP contribution in [0.5, 0.6) is 0 Å². The lowest BCUT2D eigenvalue weighted by atomic mass is 9.95. The summed E-state index contributed by atoms with van der Waals surface area (Å²) in [5.41, 5.74) is 8.50. The van der Waals surface area contributed by atoms with Gasteiger partial charge in [0.05, 0.1) is 12.7 Å². The van der Waals surface area contributed by atoms with E-state index in [0.29, 0.717) is 6.42 Å². The molecule has 1 aliphatic heterocycles. The lowest BCUT2D eigenvalue weighted by molar-refractivity contribution is -0.131. The minimum atomic E-state index is 0.138. The lowest BCUT2D eigenvalue weighted by Gasteiger charge is -2.31. The first-order valence-electron chi connectivity index (χ1n) is 8.52. The molecule has 7 nitrogen and oxygen atoms in total. The quantitative estimate of drug-likeness (QED) is 0.763. The molecule has 0 bridgehead atoms. The van der Waals surface area contributed by atoms with Crippen molar-refractivity contribution in [2.75, 3.05) is 18.8 Å². The molecule has 0 unspecified atom stereocenters. The van der Waals surface area contributed by atoms with Gasteiger partial charge >= 0.3 is 0 Å². The number of H-pyrrole nitrogens is 1. The summed E-state index contributed by atoms with van der Waals surface area (Å²) >= 11 is 0. The number of aromatic nitrogens is 3. The van der Waals surface area contributed by atoms with Crippen LogP contribution in [0.3, 0.4) is 0 Å². The molecule has 1 saturated heterocycles. The van der Waals surface area contributed by atoms with Crippen LogP contribution in [-0.2, 0) is 11.2 Å². The van der Waals surface area contributed by atoms with Crippen molar-refractivity contribution in [3.8, 4) is 0 Å². The van der Waals surface area contributed by atoms with Crippen molar-refractivity contribution in [3.63, 3.8) is 0 Å². The van der Waals surface area contributed by atoms with Gasteiger partial charge in [-0.25, -0.2) is 0 Å². The van der Waals surface area contributed by atoms with E-state index < -0.39 is 0 Å². The highest BCUT2D eigenvalue weighted by Crippen LogP contribution is 2.27. The molecule has 3 aromatic rings. The Bertz CT molecular complexity index is 905. The molecule has 0 atom stereocenters. The van der Waals surface area contributed by atoms with Crippen molar-refractivity contribution in [3.05, 3.63) is 41.4 Å². The number of aryl methyl sites for hydroxylation is 1. The number of carbonyl (C=O) groups is 1. The molecule has 2 aromatic heterocycles. The normalized spacial score (nSPS) is 15.8. The predicted octanol–water partition coefficient (Wildman–Crippen LogP) is 2.39. The number of fused-ring (bicyclic) bond motifs is 1. The molecule has 25 heavy (non-hydrogen) atoms. The van der Waals surface area contributed by atoms with E-state index in [4.69, 9.17) is 10.2 Å². The van der Waals surface area contributed by atoms with Gasteiger partial charge in [-0.05, 0) is 31.4 Å². The number of anilines is 1. The van der Waals surface area contributed by atoms with E-state index in [1.807, 2.05) is 30.0 Å². The molecule has 1 amide bonds. The molecule has 4 rings (SSSR count).